The van der Waals surface area contributed by atoms with E-state index < -0.39 is 11.9 Å². The van der Waals surface area contributed by atoms with Crippen LogP contribution in [-0.2, 0) is 27.5 Å². The highest BCUT2D eigenvalue weighted by Gasteiger charge is 2.38. The molecule has 137 valence electrons. The van der Waals surface area contributed by atoms with Gasteiger partial charge in [0.25, 0.3) is 5.91 Å². The molecule has 0 saturated carbocycles. The van der Waals surface area contributed by atoms with Crippen molar-refractivity contribution in [3.05, 3.63) is 41.3 Å². The van der Waals surface area contributed by atoms with Crippen LogP contribution in [0.25, 0.3) is 0 Å². The molecule has 4 amide bonds. The van der Waals surface area contributed by atoms with Gasteiger partial charge in [0.1, 0.15) is 6.04 Å². The molecule has 1 atom stereocenters. The van der Waals surface area contributed by atoms with Crippen LogP contribution in [0.15, 0.2) is 18.2 Å². The van der Waals surface area contributed by atoms with Gasteiger partial charge in [0, 0.05) is 25.1 Å². The Morgan fingerprint density at radius 3 is 2.81 bits per heavy atom. The number of nitrogens with zero attached hydrogens (tertiary/aromatic N) is 1. The lowest BCUT2D eigenvalue weighted by molar-refractivity contribution is -0.137. The van der Waals surface area contributed by atoms with E-state index in [1.807, 2.05) is 19.9 Å². The summed E-state index contributed by atoms with van der Waals surface area (Å²) in [6.07, 6.45) is 2.19. The first-order valence-electron chi connectivity index (χ1n) is 8.74. The summed E-state index contributed by atoms with van der Waals surface area (Å²) in [4.78, 5) is 49.2. The van der Waals surface area contributed by atoms with Crippen molar-refractivity contribution in [2.75, 3.05) is 0 Å². The fourth-order valence-electron chi connectivity index (χ4n) is 3.29. The standard InChI is InChI=1S/C19H22N3O4/c1-11(2)7-17(24)20-9-12-3-4-14-13(8-12)10-22(19(14)26)15-5-6-16(23)21-18(15)25/h3-4,7-8,11,15H,5-6,9-10H2,1-2H3,(H,20,24)(H,21,23,25). The van der Waals surface area contributed by atoms with Gasteiger partial charge >= 0.3 is 0 Å². The molecule has 7 heteroatoms. The minimum atomic E-state index is -0.614. The maximum absolute atomic E-state index is 12.6. The van der Waals surface area contributed by atoms with Crippen molar-refractivity contribution in [2.45, 2.75) is 45.8 Å². The number of nitrogens with one attached hydrogen (secondary N) is 2. The maximum Gasteiger partial charge on any atom is 0.255 e. The molecular formula is C19H22N3O4. The molecular weight excluding hydrogens is 334 g/mol. The van der Waals surface area contributed by atoms with Gasteiger partial charge in [-0.05, 0) is 29.5 Å². The molecule has 2 aliphatic rings. The van der Waals surface area contributed by atoms with E-state index in [-0.39, 0.29) is 30.1 Å². The van der Waals surface area contributed by atoms with Crippen molar-refractivity contribution >= 4 is 23.6 Å². The molecule has 2 heterocycles. The number of benzene rings is 1. The molecule has 1 fully saturated rings. The Bertz CT molecular complexity index is 772. The average Bonchev–Trinajstić information content (AvgIpc) is 2.88. The lowest BCUT2D eigenvalue weighted by Gasteiger charge is -2.29. The number of carbonyl (C=O) groups excluding carboxylic acids is 4. The minimum Gasteiger partial charge on any atom is -0.352 e. The van der Waals surface area contributed by atoms with E-state index >= 15 is 0 Å². The third kappa shape index (κ3) is 3.76. The molecule has 2 aliphatic heterocycles. The van der Waals surface area contributed by atoms with E-state index in [2.05, 4.69) is 10.6 Å². The van der Waals surface area contributed by atoms with Crippen LogP contribution in [-0.4, -0.2) is 34.6 Å². The summed E-state index contributed by atoms with van der Waals surface area (Å²) in [7, 11) is 0. The van der Waals surface area contributed by atoms with Crippen molar-refractivity contribution in [2.24, 2.45) is 5.92 Å². The number of rotatable bonds is 5. The van der Waals surface area contributed by atoms with E-state index in [1.54, 1.807) is 18.6 Å². The molecule has 1 radical (unpaired) electrons. The van der Waals surface area contributed by atoms with Gasteiger partial charge in [-0.1, -0.05) is 26.0 Å². The summed E-state index contributed by atoms with van der Waals surface area (Å²) in [5.41, 5.74) is 2.30. The van der Waals surface area contributed by atoms with Crippen molar-refractivity contribution in [1.29, 1.82) is 0 Å². The second kappa shape index (κ2) is 7.27. The highest BCUT2D eigenvalue weighted by atomic mass is 16.2. The predicted molar refractivity (Wildman–Crippen MR) is 93.5 cm³/mol. The zero-order valence-corrected chi connectivity index (χ0v) is 14.9. The van der Waals surface area contributed by atoms with E-state index in [9.17, 15) is 19.2 Å². The molecule has 1 aromatic carbocycles. The number of piperidine rings is 1. The van der Waals surface area contributed by atoms with Gasteiger partial charge in [0.15, 0.2) is 0 Å². The lowest BCUT2D eigenvalue weighted by atomic mass is 10.0. The SMILES string of the molecule is CC(C)[CH]C(=O)NCc1ccc2c(c1)CN(C1CCC(=O)NC1=O)C2=O. The topological polar surface area (TPSA) is 95.6 Å². The summed E-state index contributed by atoms with van der Waals surface area (Å²) in [6, 6.07) is 4.81. The molecule has 0 aromatic heterocycles. The number of amides is 4. The number of hydrogen-bond acceptors (Lipinski definition) is 4. The van der Waals surface area contributed by atoms with Crippen molar-refractivity contribution in [1.82, 2.24) is 15.5 Å². The Hall–Kier alpha value is -2.70. The summed E-state index contributed by atoms with van der Waals surface area (Å²) < 4.78 is 0. The third-order valence-electron chi connectivity index (χ3n) is 4.54. The largest absolute Gasteiger partial charge is 0.352 e. The van der Waals surface area contributed by atoms with Crippen LogP contribution < -0.4 is 10.6 Å². The maximum atomic E-state index is 12.6. The summed E-state index contributed by atoms with van der Waals surface area (Å²) in [5, 5.41) is 5.12. The van der Waals surface area contributed by atoms with Crippen LogP contribution in [0.3, 0.4) is 0 Å². The van der Waals surface area contributed by atoms with E-state index in [1.165, 1.54) is 4.90 Å². The van der Waals surface area contributed by atoms with Gasteiger partial charge in [-0.2, -0.15) is 0 Å². The molecule has 3 rings (SSSR count). The highest BCUT2D eigenvalue weighted by Crippen LogP contribution is 2.28. The van der Waals surface area contributed by atoms with E-state index in [0.717, 1.165) is 11.1 Å². The quantitative estimate of drug-likeness (QED) is 0.767. The number of hydrogen-bond donors (Lipinski definition) is 2. The van der Waals surface area contributed by atoms with Crippen LogP contribution in [0, 0.1) is 12.3 Å². The Labute approximate surface area is 152 Å². The van der Waals surface area contributed by atoms with Crippen molar-refractivity contribution in [3.63, 3.8) is 0 Å². The van der Waals surface area contributed by atoms with Crippen LogP contribution in [0.2, 0.25) is 0 Å². The molecule has 7 nitrogen and oxygen atoms in total. The Morgan fingerprint density at radius 1 is 1.35 bits per heavy atom. The molecule has 0 spiro atoms. The summed E-state index contributed by atoms with van der Waals surface area (Å²) in [6.45, 7) is 4.58. The zero-order valence-electron chi connectivity index (χ0n) is 14.9. The first-order chi connectivity index (χ1) is 12.3. The number of fused-ring (bicyclic) bond motifs is 1. The fourth-order valence-corrected chi connectivity index (χ4v) is 3.29. The first kappa shape index (κ1) is 18.1. The van der Waals surface area contributed by atoms with Gasteiger partial charge in [-0.15, -0.1) is 0 Å². The molecule has 1 aromatic rings. The minimum absolute atomic E-state index is 0.123. The smallest absolute Gasteiger partial charge is 0.255 e. The van der Waals surface area contributed by atoms with Crippen molar-refractivity contribution in [3.8, 4) is 0 Å². The normalized spacial score (nSPS) is 19.6. The molecule has 0 aliphatic carbocycles. The Balaban J connectivity index is 1.67. The zero-order chi connectivity index (χ0) is 18.8. The Kier molecular flexibility index (Phi) is 5.06. The fraction of sp³-hybridized carbons (Fsp3) is 0.421. The van der Waals surface area contributed by atoms with Gasteiger partial charge in [0.05, 0.1) is 6.42 Å². The summed E-state index contributed by atoms with van der Waals surface area (Å²) >= 11 is 0. The lowest BCUT2D eigenvalue weighted by Crippen LogP contribution is -2.52. The molecule has 2 N–H and O–H groups in total. The second-order valence-electron chi connectivity index (χ2n) is 7.02. The third-order valence-corrected chi connectivity index (χ3v) is 4.54. The van der Waals surface area contributed by atoms with Gasteiger partial charge in [-0.3, -0.25) is 24.5 Å². The van der Waals surface area contributed by atoms with Crippen LogP contribution in [0.1, 0.15) is 48.2 Å². The molecule has 26 heavy (non-hydrogen) atoms. The molecule has 1 saturated heterocycles. The van der Waals surface area contributed by atoms with E-state index in [0.29, 0.717) is 25.1 Å². The molecule has 1 unspecified atom stereocenters. The van der Waals surface area contributed by atoms with Gasteiger partial charge in [-0.25, -0.2) is 0 Å². The Morgan fingerprint density at radius 2 is 2.12 bits per heavy atom. The predicted octanol–water partition coefficient (Wildman–Crippen LogP) is 0.924. The highest BCUT2D eigenvalue weighted by molar-refractivity contribution is 6.05. The second-order valence-corrected chi connectivity index (χ2v) is 7.02. The van der Waals surface area contributed by atoms with Crippen LogP contribution in [0.5, 0.6) is 0 Å². The number of carbonyl (C=O) groups is 4. The van der Waals surface area contributed by atoms with Gasteiger partial charge < -0.3 is 10.2 Å². The van der Waals surface area contributed by atoms with Crippen molar-refractivity contribution < 1.29 is 19.2 Å². The summed E-state index contributed by atoms with van der Waals surface area (Å²) in [5.74, 6) is -0.861. The van der Waals surface area contributed by atoms with Crippen LogP contribution >= 0.6 is 0 Å². The first-order valence-corrected chi connectivity index (χ1v) is 8.74. The van der Waals surface area contributed by atoms with Gasteiger partial charge in [0.2, 0.25) is 17.7 Å². The van der Waals surface area contributed by atoms with Crippen LogP contribution in [0.4, 0.5) is 0 Å². The number of imide groups is 1. The van der Waals surface area contributed by atoms with E-state index in [4.69, 9.17) is 0 Å². The monoisotopic (exact) mass is 356 g/mol. The average molecular weight is 356 g/mol. The molecule has 0 bridgehead atoms.